The number of unbranched alkanes of at least 4 members (excludes halogenated alkanes) is 2. The van der Waals surface area contributed by atoms with Gasteiger partial charge in [-0.15, -0.1) is 0 Å². The maximum Gasteiger partial charge on any atom is 0.220 e. The molecule has 0 aliphatic heterocycles. The second-order valence-corrected chi connectivity index (χ2v) is 6.35. The Hall–Kier alpha value is -1.88. The molecule has 128 valence electrons. The second kappa shape index (κ2) is 10.1. The zero-order chi connectivity index (χ0) is 17.2. The summed E-state index contributed by atoms with van der Waals surface area (Å²) in [6, 6.07) is 8.20. The first-order valence-corrected chi connectivity index (χ1v) is 9.08. The molecule has 0 saturated carbocycles. The van der Waals surface area contributed by atoms with E-state index in [1.165, 1.54) is 11.1 Å². The number of aryl methyl sites for hydroxylation is 2. The van der Waals surface area contributed by atoms with Gasteiger partial charge >= 0.3 is 0 Å². The molecule has 0 spiro atoms. The summed E-state index contributed by atoms with van der Waals surface area (Å²) in [7, 11) is 0. The van der Waals surface area contributed by atoms with Crippen LogP contribution in [0.15, 0.2) is 36.7 Å². The van der Waals surface area contributed by atoms with Crippen LogP contribution < -0.4 is 5.32 Å². The van der Waals surface area contributed by atoms with Gasteiger partial charge in [0.25, 0.3) is 0 Å². The van der Waals surface area contributed by atoms with Crippen LogP contribution in [0.25, 0.3) is 11.4 Å². The molecular weight excluding hydrogens is 318 g/mol. The van der Waals surface area contributed by atoms with Gasteiger partial charge in [0, 0.05) is 31.1 Å². The Kier molecular flexibility index (Phi) is 7.75. The van der Waals surface area contributed by atoms with Gasteiger partial charge in [0.05, 0.1) is 11.4 Å². The van der Waals surface area contributed by atoms with Gasteiger partial charge in [0.1, 0.15) is 0 Å². The lowest BCUT2D eigenvalue weighted by molar-refractivity contribution is -0.121. The number of hydrogen-bond donors (Lipinski definition) is 2. The largest absolute Gasteiger partial charge is 0.355 e. The number of hydrogen-bond acceptors (Lipinski definition) is 4. The molecule has 0 bridgehead atoms. The molecule has 2 aromatic heterocycles. The number of pyridine rings is 2. The fraction of sp³-hybridized carbons (Fsp3) is 0.421. The fourth-order valence-corrected chi connectivity index (χ4v) is 2.63. The normalized spacial score (nSPS) is 10.6. The van der Waals surface area contributed by atoms with Crippen LogP contribution in [-0.2, 0) is 11.2 Å². The molecule has 0 aliphatic carbocycles. The average molecular weight is 343 g/mol. The first kappa shape index (κ1) is 18.5. The molecule has 0 aromatic carbocycles. The molecule has 2 rings (SSSR count). The Morgan fingerprint density at radius 1 is 1.08 bits per heavy atom. The van der Waals surface area contributed by atoms with Gasteiger partial charge in [-0.3, -0.25) is 14.8 Å². The Morgan fingerprint density at radius 3 is 2.58 bits per heavy atom. The topological polar surface area (TPSA) is 54.9 Å². The zero-order valence-electron chi connectivity index (χ0n) is 14.2. The quantitative estimate of drug-likeness (QED) is 0.540. The fourth-order valence-electron chi connectivity index (χ4n) is 2.52. The van der Waals surface area contributed by atoms with Crippen LogP contribution in [0.5, 0.6) is 0 Å². The standard InChI is InChI=1S/C19H25N3OS/c1-15-7-9-20-17(13-15)18-14-16(8-10-21-18)5-3-2-4-6-19(23)22-11-12-24/h7-10,13-14,24H,2-6,11-12H2,1H3,(H,22,23). The molecule has 2 aromatic rings. The maximum atomic E-state index is 11.5. The Bertz CT molecular complexity index is 661. The highest BCUT2D eigenvalue weighted by atomic mass is 32.1. The van der Waals surface area contributed by atoms with E-state index in [2.05, 4.69) is 53.0 Å². The van der Waals surface area contributed by atoms with E-state index >= 15 is 0 Å². The molecule has 4 nitrogen and oxygen atoms in total. The number of carbonyl (C=O) groups excluding carboxylic acids is 1. The Balaban J connectivity index is 1.78. The van der Waals surface area contributed by atoms with Crippen molar-refractivity contribution in [3.8, 4) is 11.4 Å². The highest BCUT2D eigenvalue weighted by molar-refractivity contribution is 7.80. The number of thiol groups is 1. The predicted molar refractivity (Wildman–Crippen MR) is 101 cm³/mol. The highest BCUT2D eigenvalue weighted by Gasteiger charge is 2.04. The van der Waals surface area contributed by atoms with Gasteiger partial charge < -0.3 is 5.32 Å². The molecule has 0 aliphatic rings. The first-order valence-electron chi connectivity index (χ1n) is 8.44. The number of rotatable bonds is 9. The molecular formula is C19H25N3OS. The molecule has 1 amide bonds. The van der Waals surface area contributed by atoms with E-state index in [-0.39, 0.29) is 5.91 Å². The van der Waals surface area contributed by atoms with Gasteiger partial charge in [0.2, 0.25) is 5.91 Å². The van der Waals surface area contributed by atoms with Gasteiger partial charge in [-0.1, -0.05) is 6.42 Å². The van der Waals surface area contributed by atoms with Crippen LogP contribution in [0.3, 0.4) is 0 Å². The van der Waals surface area contributed by atoms with Crippen LogP contribution in [0, 0.1) is 6.92 Å². The van der Waals surface area contributed by atoms with Crippen molar-refractivity contribution in [1.29, 1.82) is 0 Å². The van der Waals surface area contributed by atoms with E-state index in [0.29, 0.717) is 18.7 Å². The third-order valence-corrected chi connectivity index (χ3v) is 4.03. The molecule has 0 radical (unpaired) electrons. The number of aromatic nitrogens is 2. The summed E-state index contributed by atoms with van der Waals surface area (Å²) in [5.74, 6) is 0.812. The summed E-state index contributed by atoms with van der Waals surface area (Å²) in [6.45, 7) is 2.70. The van der Waals surface area contributed by atoms with Crippen molar-refractivity contribution in [3.63, 3.8) is 0 Å². The summed E-state index contributed by atoms with van der Waals surface area (Å²) < 4.78 is 0. The minimum absolute atomic E-state index is 0.126. The lowest BCUT2D eigenvalue weighted by Crippen LogP contribution is -2.24. The van der Waals surface area contributed by atoms with Crippen molar-refractivity contribution in [3.05, 3.63) is 47.8 Å². The van der Waals surface area contributed by atoms with Crippen molar-refractivity contribution in [2.45, 2.75) is 39.0 Å². The minimum atomic E-state index is 0.126. The maximum absolute atomic E-state index is 11.5. The molecule has 24 heavy (non-hydrogen) atoms. The van der Waals surface area contributed by atoms with Crippen molar-refractivity contribution in [2.24, 2.45) is 0 Å². The molecule has 0 atom stereocenters. The predicted octanol–water partition coefficient (Wildman–Crippen LogP) is 3.60. The van der Waals surface area contributed by atoms with E-state index in [1.807, 2.05) is 18.5 Å². The summed E-state index contributed by atoms with van der Waals surface area (Å²) in [6.07, 6.45) is 8.31. The highest BCUT2D eigenvalue weighted by Crippen LogP contribution is 2.17. The van der Waals surface area contributed by atoms with Crippen molar-refractivity contribution in [2.75, 3.05) is 12.3 Å². The third kappa shape index (κ3) is 6.32. The van der Waals surface area contributed by atoms with Crippen LogP contribution in [0.1, 0.15) is 36.8 Å². The van der Waals surface area contributed by atoms with Gasteiger partial charge in [-0.25, -0.2) is 0 Å². The minimum Gasteiger partial charge on any atom is -0.355 e. The van der Waals surface area contributed by atoms with Crippen LogP contribution in [0.2, 0.25) is 0 Å². The van der Waals surface area contributed by atoms with Crippen molar-refractivity contribution in [1.82, 2.24) is 15.3 Å². The molecule has 2 heterocycles. The molecule has 0 fully saturated rings. The van der Waals surface area contributed by atoms with Crippen molar-refractivity contribution < 1.29 is 4.79 Å². The Labute approximate surface area is 149 Å². The summed E-state index contributed by atoms with van der Waals surface area (Å²) >= 11 is 4.08. The summed E-state index contributed by atoms with van der Waals surface area (Å²) in [4.78, 5) is 20.3. The second-order valence-electron chi connectivity index (χ2n) is 5.90. The number of nitrogens with one attached hydrogen (secondary N) is 1. The molecule has 0 unspecified atom stereocenters. The molecule has 5 heteroatoms. The van der Waals surface area contributed by atoms with Crippen LogP contribution in [-0.4, -0.2) is 28.2 Å². The molecule has 0 saturated heterocycles. The van der Waals surface area contributed by atoms with E-state index in [1.54, 1.807) is 0 Å². The van der Waals surface area contributed by atoms with E-state index in [9.17, 15) is 4.79 Å². The van der Waals surface area contributed by atoms with Gasteiger partial charge in [-0.05, 0) is 61.6 Å². The van der Waals surface area contributed by atoms with E-state index in [4.69, 9.17) is 0 Å². The monoisotopic (exact) mass is 343 g/mol. The summed E-state index contributed by atoms with van der Waals surface area (Å²) in [5, 5.41) is 2.84. The van der Waals surface area contributed by atoms with E-state index < -0.39 is 0 Å². The van der Waals surface area contributed by atoms with E-state index in [0.717, 1.165) is 37.1 Å². The van der Waals surface area contributed by atoms with Crippen molar-refractivity contribution >= 4 is 18.5 Å². The zero-order valence-corrected chi connectivity index (χ0v) is 15.1. The average Bonchev–Trinajstić information content (AvgIpc) is 2.60. The SMILES string of the molecule is Cc1ccnc(-c2cc(CCCCCC(=O)NCCS)ccn2)c1. The molecule has 1 N–H and O–H groups in total. The smallest absolute Gasteiger partial charge is 0.220 e. The lowest BCUT2D eigenvalue weighted by Gasteiger charge is -2.06. The van der Waals surface area contributed by atoms with Crippen LogP contribution in [0.4, 0.5) is 0 Å². The van der Waals surface area contributed by atoms with Crippen LogP contribution >= 0.6 is 12.6 Å². The number of carbonyl (C=O) groups is 1. The summed E-state index contributed by atoms with van der Waals surface area (Å²) in [5.41, 5.74) is 4.28. The third-order valence-electron chi connectivity index (χ3n) is 3.81. The first-order chi connectivity index (χ1) is 11.7. The van der Waals surface area contributed by atoms with Gasteiger partial charge in [0.15, 0.2) is 0 Å². The van der Waals surface area contributed by atoms with Gasteiger partial charge in [-0.2, -0.15) is 12.6 Å². The lowest BCUT2D eigenvalue weighted by atomic mass is 10.1. The number of nitrogens with zero attached hydrogens (tertiary/aromatic N) is 2. The number of amides is 1. The Morgan fingerprint density at radius 2 is 1.83 bits per heavy atom.